The van der Waals surface area contributed by atoms with Gasteiger partial charge >= 0.3 is 0 Å². The molecule has 0 aliphatic heterocycles. The number of nitrogens with one attached hydrogen (secondary N) is 2. The van der Waals surface area contributed by atoms with Crippen molar-refractivity contribution in [3.8, 4) is 0 Å². The van der Waals surface area contributed by atoms with Gasteiger partial charge in [-0.05, 0) is 42.0 Å². The zero-order valence-corrected chi connectivity index (χ0v) is 16.0. The topological polar surface area (TPSA) is 24.1 Å². The van der Waals surface area contributed by atoms with Gasteiger partial charge in [0.1, 0.15) is 0 Å². The van der Waals surface area contributed by atoms with Crippen LogP contribution in [0.2, 0.25) is 15.1 Å². The van der Waals surface area contributed by atoms with E-state index in [0.717, 1.165) is 29.3 Å². The van der Waals surface area contributed by atoms with Gasteiger partial charge in [0.25, 0.3) is 0 Å². The number of anilines is 1. The summed E-state index contributed by atoms with van der Waals surface area (Å²) in [6, 6.07) is 13.0. The van der Waals surface area contributed by atoms with Crippen molar-refractivity contribution in [2.24, 2.45) is 0 Å². The van der Waals surface area contributed by atoms with Crippen molar-refractivity contribution in [1.82, 2.24) is 5.32 Å². The third-order valence-corrected chi connectivity index (χ3v) is 5.23. The molecule has 0 atom stereocenters. The van der Waals surface area contributed by atoms with Gasteiger partial charge in [0.05, 0.1) is 10.7 Å². The summed E-state index contributed by atoms with van der Waals surface area (Å²) in [7, 11) is 0. The molecule has 2 N–H and O–H groups in total. The molecule has 7 heteroatoms. The summed E-state index contributed by atoms with van der Waals surface area (Å²) in [5, 5.41) is 8.82. The third-order valence-electron chi connectivity index (χ3n) is 2.96. The van der Waals surface area contributed by atoms with Gasteiger partial charge in [0.15, 0.2) is 5.11 Å². The molecular weight excluding hydrogens is 391 g/mol. The van der Waals surface area contributed by atoms with E-state index in [2.05, 4.69) is 10.6 Å². The molecule has 0 aromatic heterocycles. The quantitative estimate of drug-likeness (QED) is 0.464. The number of rotatable bonds is 6. The molecule has 0 unspecified atom stereocenters. The Balaban J connectivity index is 1.69. The average molecular weight is 406 g/mol. The number of hydrogen-bond acceptors (Lipinski definition) is 2. The van der Waals surface area contributed by atoms with Crippen LogP contribution in [0.5, 0.6) is 0 Å². The molecule has 2 nitrogen and oxygen atoms in total. The van der Waals surface area contributed by atoms with E-state index in [0.29, 0.717) is 20.2 Å². The molecule has 2 aromatic rings. The number of thiocarbonyl (C=S) groups is 1. The SMILES string of the molecule is S=C(NCCSCc1c(Cl)cccc1Cl)Nc1ccccc1Cl. The maximum Gasteiger partial charge on any atom is 0.170 e. The van der Waals surface area contributed by atoms with Gasteiger partial charge in [-0.3, -0.25) is 0 Å². The first-order valence-electron chi connectivity index (χ1n) is 6.88. The van der Waals surface area contributed by atoms with Crippen LogP contribution in [-0.2, 0) is 5.75 Å². The minimum Gasteiger partial charge on any atom is -0.362 e. The molecule has 0 aliphatic carbocycles. The largest absolute Gasteiger partial charge is 0.362 e. The highest BCUT2D eigenvalue weighted by Crippen LogP contribution is 2.28. The number of para-hydroxylation sites is 1. The molecule has 2 rings (SSSR count). The normalized spacial score (nSPS) is 10.4. The Bertz CT molecular complexity index is 660. The van der Waals surface area contributed by atoms with Crippen molar-refractivity contribution in [2.75, 3.05) is 17.6 Å². The summed E-state index contributed by atoms with van der Waals surface area (Å²) in [5.74, 6) is 1.65. The number of halogens is 3. The van der Waals surface area contributed by atoms with E-state index in [1.54, 1.807) is 11.8 Å². The molecule has 122 valence electrons. The molecular formula is C16H15Cl3N2S2. The zero-order chi connectivity index (χ0) is 16.7. The highest BCUT2D eigenvalue weighted by atomic mass is 35.5. The summed E-state index contributed by atoms with van der Waals surface area (Å²) in [5.41, 5.74) is 1.76. The predicted octanol–water partition coefficient (Wildman–Crippen LogP) is 5.87. The average Bonchev–Trinajstić information content (AvgIpc) is 2.52. The number of thioether (sulfide) groups is 1. The molecule has 23 heavy (non-hydrogen) atoms. The van der Waals surface area contributed by atoms with Crippen LogP contribution in [0.15, 0.2) is 42.5 Å². The van der Waals surface area contributed by atoms with Crippen molar-refractivity contribution >= 4 is 69.6 Å². The molecule has 0 heterocycles. The van der Waals surface area contributed by atoms with Gasteiger partial charge < -0.3 is 10.6 Å². The fraction of sp³-hybridized carbons (Fsp3) is 0.188. The molecule has 0 aliphatic rings. The van der Waals surface area contributed by atoms with E-state index in [9.17, 15) is 0 Å². The molecule has 0 spiro atoms. The second-order valence-electron chi connectivity index (χ2n) is 4.61. The van der Waals surface area contributed by atoms with Crippen molar-refractivity contribution in [2.45, 2.75) is 5.75 Å². The van der Waals surface area contributed by atoms with Crippen LogP contribution >= 0.6 is 58.8 Å². The van der Waals surface area contributed by atoms with E-state index in [1.165, 1.54) is 0 Å². The lowest BCUT2D eigenvalue weighted by atomic mass is 10.2. The van der Waals surface area contributed by atoms with E-state index in [1.807, 2.05) is 42.5 Å². The maximum absolute atomic E-state index is 6.14. The lowest BCUT2D eigenvalue weighted by molar-refractivity contribution is 0.990. The van der Waals surface area contributed by atoms with Crippen molar-refractivity contribution in [1.29, 1.82) is 0 Å². The van der Waals surface area contributed by atoms with Crippen LogP contribution in [0, 0.1) is 0 Å². The fourth-order valence-corrected chi connectivity index (χ4v) is 3.80. The van der Waals surface area contributed by atoms with Crippen molar-refractivity contribution in [3.63, 3.8) is 0 Å². The Labute approximate surface area is 160 Å². The predicted molar refractivity (Wildman–Crippen MR) is 108 cm³/mol. The number of benzene rings is 2. The van der Waals surface area contributed by atoms with Crippen molar-refractivity contribution in [3.05, 3.63) is 63.1 Å². The van der Waals surface area contributed by atoms with Gasteiger partial charge in [0, 0.05) is 28.1 Å². The first-order valence-corrected chi connectivity index (χ1v) is 9.57. The van der Waals surface area contributed by atoms with Crippen molar-refractivity contribution < 1.29 is 0 Å². The van der Waals surface area contributed by atoms with Gasteiger partial charge in [-0.1, -0.05) is 53.0 Å². The summed E-state index contributed by atoms with van der Waals surface area (Å²) >= 11 is 25.3. The van der Waals surface area contributed by atoms with Crippen LogP contribution in [0.25, 0.3) is 0 Å². The van der Waals surface area contributed by atoms with Crippen LogP contribution in [0.3, 0.4) is 0 Å². The molecule has 0 saturated carbocycles. The minimum atomic E-state index is 0.550. The van der Waals surface area contributed by atoms with Gasteiger partial charge in [-0.15, -0.1) is 0 Å². The minimum absolute atomic E-state index is 0.550. The fourth-order valence-electron chi connectivity index (χ4n) is 1.81. The smallest absolute Gasteiger partial charge is 0.170 e. The second kappa shape index (κ2) is 9.60. The van der Waals surface area contributed by atoms with Crippen LogP contribution in [-0.4, -0.2) is 17.4 Å². The lowest BCUT2D eigenvalue weighted by Crippen LogP contribution is -2.30. The van der Waals surface area contributed by atoms with Crippen LogP contribution < -0.4 is 10.6 Å². The Morgan fingerprint density at radius 3 is 2.30 bits per heavy atom. The molecule has 0 radical (unpaired) electrons. The molecule has 0 fully saturated rings. The van der Waals surface area contributed by atoms with Gasteiger partial charge in [-0.25, -0.2) is 0 Å². The monoisotopic (exact) mass is 404 g/mol. The Morgan fingerprint density at radius 2 is 1.61 bits per heavy atom. The second-order valence-corrected chi connectivity index (χ2v) is 7.35. The van der Waals surface area contributed by atoms with Crippen LogP contribution in [0.1, 0.15) is 5.56 Å². The Kier molecular flexibility index (Phi) is 7.80. The van der Waals surface area contributed by atoms with E-state index in [-0.39, 0.29) is 0 Å². The Hall–Kier alpha value is -0.650. The van der Waals surface area contributed by atoms with Gasteiger partial charge in [0.2, 0.25) is 0 Å². The van der Waals surface area contributed by atoms with E-state index in [4.69, 9.17) is 47.0 Å². The third kappa shape index (κ3) is 6.05. The summed E-state index contributed by atoms with van der Waals surface area (Å²) < 4.78 is 0. The van der Waals surface area contributed by atoms with E-state index >= 15 is 0 Å². The summed E-state index contributed by atoms with van der Waals surface area (Å²) in [4.78, 5) is 0. The molecule has 2 aromatic carbocycles. The zero-order valence-electron chi connectivity index (χ0n) is 12.1. The first-order chi connectivity index (χ1) is 11.1. The van der Waals surface area contributed by atoms with E-state index < -0.39 is 0 Å². The first kappa shape index (κ1) is 18.7. The standard InChI is InChI=1S/C16H15Cl3N2S2/c17-12-5-3-6-13(18)11(12)10-23-9-8-20-16(22)21-15-7-2-1-4-14(15)19/h1-7H,8-10H2,(H2,20,21,22). The molecule has 0 saturated heterocycles. The lowest BCUT2D eigenvalue weighted by Gasteiger charge is -2.12. The maximum atomic E-state index is 6.14. The van der Waals surface area contributed by atoms with Crippen LogP contribution in [0.4, 0.5) is 5.69 Å². The highest BCUT2D eigenvalue weighted by molar-refractivity contribution is 7.98. The van der Waals surface area contributed by atoms with Gasteiger partial charge in [-0.2, -0.15) is 11.8 Å². The highest BCUT2D eigenvalue weighted by Gasteiger charge is 2.05. The summed E-state index contributed by atoms with van der Waals surface area (Å²) in [6.07, 6.45) is 0. The number of hydrogen-bond donors (Lipinski definition) is 2. The Morgan fingerprint density at radius 1 is 0.957 bits per heavy atom. The molecule has 0 bridgehead atoms. The molecule has 0 amide bonds. The summed E-state index contributed by atoms with van der Waals surface area (Å²) in [6.45, 7) is 0.739.